The Morgan fingerprint density at radius 3 is 2.41 bits per heavy atom. The molecule has 0 aromatic heterocycles. The van der Waals surface area contributed by atoms with Crippen LogP contribution in [0.5, 0.6) is 0 Å². The van der Waals surface area contributed by atoms with Crippen LogP contribution >= 0.6 is 0 Å². The van der Waals surface area contributed by atoms with Crippen LogP contribution in [0.3, 0.4) is 0 Å². The van der Waals surface area contributed by atoms with E-state index >= 15 is 0 Å². The molecule has 0 aliphatic carbocycles. The fourth-order valence-electron chi connectivity index (χ4n) is 1.70. The largest absolute Gasteiger partial charge is 0.392 e. The molecule has 1 atom stereocenters. The van der Waals surface area contributed by atoms with Crippen LogP contribution < -0.4 is 5.32 Å². The molecule has 0 aliphatic heterocycles. The first-order chi connectivity index (χ1) is 8.25. The molecule has 2 nitrogen and oxygen atoms in total. The smallest absolute Gasteiger partial charge is 0.0684 e. The SMILES string of the molecule is C[C@H](O)CNc1cccc(-c2ccccc2)c1. The maximum Gasteiger partial charge on any atom is 0.0684 e. The van der Waals surface area contributed by atoms with Crippen molar-refractivity contribution >= 4 is 5.69 Å². The highest BCUT2D eigenvalue weighted by Crippen LogP contribution is 2.22. The number of hydrogen-bond acceptors (Lipinski definition) is 2. The van der Waals surface area contributed by atoms with E-state index in [-0.39, 0.29) is 6.10 Å². The van der Waals surface area contributed by atoms with E-state index in [1.165, 1.54) is 11.1 Å². The summed E-state index contributed by atoms with van der Waals surface area (Å²) < 4.78 is 0. The molecule has 88 valence electrons. The Kier molecular flexibility index (Phi) is 3.78. The summed E-state index contributed by atoms with van der Waals surface area (Å²) in [4.78, 5) is 0. The molecule has 0 unspecified atom stereocenters. The minimum absolute atomic E-state index is 0.338. The molecule has 0 fully saturated rings. The average Bonchev–Trinajstić information content (AvgIpc) is 2.38. The molecule has 17 heavy (non-hydrogen) atoms. The lowest BCUT2D eigenvalue weighted by Gasteiger charge is -2.10. The zero-order valence-corrected chi connectivity index (χ0v) is 9.93. The van der Waals surface area contributed by atoms with Crippen molar-refractivity contribution in [3.8, 4) is 11.1 Å². The normalized spacial score (nSPS) is 12.1. The molecule has 2 N–H and O–H groups in total. The number of aliphatic hydroxyl groups excluding tert-OH is 1. The Balaban J connectivity index is 2.17. The van der Waals surface area contributed by atoms with Crippen LogP contribution in [0.4, 0.5) is 5.69 Å². The van der Waals surface area contributed by atoms with E-state index in [1.807, 2.05) is 30.3 Å². The van der Waals surface area contributed by atoms with Gasteiger partial charge in [0.1, 0.15) is 0 Å². The summed E-state index contributed by atoms with van der Waals surface area (Å²) in [5.74, 6) is 0. The summed E-state index contributed by atoms with van der Waals surface area (Å²) in [7, 11) is 0. The van der Waals surface area contributed by atoms with Crippen molar-refractivity contribution in [1.29, 1.82) is 0 Å². The van der Waals surface area contributed by atoms with Crippen molar-refractivity contribution in [2.75, 3.05) is 11.9 Å². The van der Waals surface area contributed by atoms with Gasteiger partial charge in [0.05, 0.1) is 6.10 Å². The number of anilines is 1. The van der Waals surface area contributed by atoms with E-state index in [4.69, 9.17) is 0 Å². The quantitative estimate of drug-likeness (QED) is 0.841. The highest BCUT2D eigenvalue weighted by atomic mass is 16.3. The summed E-state index contributed by atoms with van der Waals surface area (Å²) in [6.45, 7) is 2.34. The van der Waals surface area contributed by atoms with Crippen LogP contribution in [0.2, 0.25) is 0 Å². The van der Waals surface area contributed by atoms with Crippen molar-refractivity contribution in [3.63, 3.8) is 0 Å². The summed E-state index contributed by atoms with van der Waals surface area (Å²) in [5, 5.41) is 12.4. The second-order valence-electron chi connectivity index (χ2n) is 4.18. The number of aliphatic hydroxyl groups is 1. The van der Waals surface area contributed by atoms with Crippen molar-refractivity contribution in [1.82, 2.24) is 0 Å². The number of rotatable bonds is 4. The predicted molar refractivity (Wildman–Crippen MR) is 72.0 cm³/mol. The summed E-state index contributed by atoms with van der Waals surface area (Å²) in [5.41, 5.74) is 3.42. The molecule has 2 rings (SSSR count). The first-order valence-electron chi connectivity index (χ1n) is 5.83. The molecule has 0 saturated heterocycles. The minimum Gasteiger partial charge on any atom is -0.392 e. The van der Waals surface area contributed by atoms with Gasteiger partial charge >= 0.3 is 0 Å². The Hall–Kier alpha value is -1.80. The van der Waals surface area contributed by atoms with Crippen LogP contribution in [0, 0.1) is 0 Å². The maximum atomic E-state index is 9.24. The van der Waals surface area contributed by atoms with Gasteiger partial charge in [-0.3, -0.25) is 0 Å². The van der Waals surface area contributed by atoms with E-state index in [0.717, 1.165) is 5.69 Å². The van der Waals surface area contributed by atoms with Gasteiger partial charge < -0.3 is 10.4 Å². The van der Waals surface area contributed by atoms with E-state index in [9.17, 15) is 5.11 Å². The van der Waals surface area contributed by atoms with Crippen molar-refractivity contribution in [2.45, 2.75) is 13.0 Å². The van der Waals surface area contributed by atoms with Crippen molar-refractivity contribution < 1.29 is 5.11 Å². The summed E-state index contributed by atoms with van der Waals surface area (Å²) in [6.07, 6.45) is -0.338. The molecule has 0 bridgehead atoms. The molecule has 0 radical (unpaired) electrons. The van der Waals surface area contributed by atoms with Gasteiger partial charge in [0.25, 0.3) is 0 Å². The Morgan fingerprint density at radius 1 is 1.00 bits per heavy atom. The molecule has 2 aromatic carbocycles. The highest BCUT2D eigenvalue weighted by molar-refractivity contribution is 5.67. The molecule has 0 aliphatic rings. The molecule has 2 aromatic rings. The van der Waals surface area contributed by atoms with Gasteiger partial charge in [-0.15, -0.1) is 0 Å². The van der Waals surface area contributed by atoms with Gasteiger partial charge in [-0.2, -0.15) is 0 Å². The van der Waals surface area contributed by atoms with Crippen LogP contribution in [-0.4, -0.2) is 17.8 Å². The van der Waals surface area contributed by atoms with E-state index in [2.05, 4.69) is 29.6 Å². The van der Waals surface area contributed by atoms with Crippen molar-refractivity contribution in [2.24, 2.45) is 0 Å². The van der Waals surface area contributed by atoms with E-state index in [1.54, 1.807) is 6.92 Å². The first kappa shape index (κ1) is 11.7. The van der Waals surface area contributed by atoms with Crippen LogP contribution in [-0.2, 0) is 0 Å². The molecule has 2 heteroatoms. The van der Waals surface area contributed by atoms with Gasteiger partial charge in [-0.25, -0.2) is 0 Å². The van der Waals surface area contributed by atoms with Gasteiger partial charge in [0.2, 0.25) is 0 Å². The molecule has 0 heterocycles. The Labute approximate surface area is 102 Å². The molecule has 0 saturated carbocycles. The fourth-order valence-corrected chi connectivity index (χ4v) is 1.70. The van der Waals surface area contributed by atoms with E-state index < -0.39 is 0 Å². The maximum absolute atomic E-state index is 9.24. The first-order valence-corrected chi connectivity index (χ1v) is 5.83. The number of hydrogen-bond donors (Lipinski definition) is 2. The second-order valence-corrected chi connectivity index (χ2v) is 4.18. The Morgan fingerprint density at radius 2 is 1.71 bits per heavy atom. The zero-order chi connectivity index (χ0) is 12.1. The molecule has 0 amide bonds. The lowest BCUT2D eigenvalue weighted by Crippen LogP contribution is -2.15. The third-order valence-corrected chi connectivity index (χ3v) is 2.57. The molecule has 0 spiro atoms. The Bertz CT molecular complexity index is 465. The van der Waals surface area contributed by atoms with Gasteiger partial charge in [-0.05, 0) is 30.2 Å². The minimum atomic E-state index is -0.338. The molecular formula is C15H17NO. The average molecular weight is 227 g/mol. The fraction of sp³-hybridized carbons (Fsp3) is 0.200. The summed E-state index contributed by atoms with van der Waals surface area (Å²) >= 11 is 0. The molecular weight excluding hydrogens is 210 g/mol. The number of benzene rings is 2. The standard InChI is InChI=1S/C15H17NO/c1-12(17)11-16-15-9-5-8-14(10-15)13-6-3-2-4-7-13/h2-10,12,16-17H,11H2,1H3/t12-/m0/s1. The van der Waals surface area contributed by atoms with Gasteiger partial charge in [0.15, 0.2) is 0 Å². The highest BCUT2D eigenvalue weighted by Gasteiger charge is 1.99. The van der Waals surface area contributed by atoms with Crippen LogP contribution in [0.1, 0.15) is 6.92 Å². The van der Waals surface area contributed by atoms with Crippen LogP contribution in [0.15, 0.2) is 54.6 Å². The third-order valence-electron chi connectivity index (χ3n) is 2.57. The second kappa shape index (κ2) is 5.51. The van der Waals surface area contributed by atoms with Crippen molar-refractivity contribution in [3.05, 3.63) is 54.6 Å². The summed E-state index contributed by atoms with van der Waals surface area (Å²) in [6, 6.07) is 18.5. The third kappa shape index (κ3) is 3.33. The monoisotopic (exact) mass is 227 g/mol. The van der Waals surface area contributed by atoms with Gasteiger partial charge in [0, 0.05) is 12.2 Å². The predicted octanol–water partition coefficient (Wildman–Crippen LogP) is 3.15. The lowest BCUT2D eigenvalue weighted by atomic mass is 10.1. The van der Waals surface area contributed by atoms with E-state index in [0.29, 0.717) is 6.54 Å². The lowest BCUT2D eigenvalue weighted by molar-refractivity contribution is 0.208. The topological polar surface area (TPSA) is 32.3 Å². The number of nitrogens with one attached hydrogen (secondary N) is 1. The van der Waals surface area contributed by atoms with Gasteiger partial charge in [-0.1, -0.05) is 42.5 Å². The zero-order valence-electron chi connectivity index (χ0n) is 9.93. The van der Waals surface area contributed by atoms with Crippen LogP contribution in [0.25, 0.3) is 11.1 Å².